The Bertz CT molecular complexity index is 668. The van der Waals surface area contributed by atoms with Gasteiger partial charge in [-0.25, -0.2) is 4.79 Å². The molecule has 3 N–H and O–H groups in total. The number of aliphatic hydroxyl groups is 1. The number of aromatic nitrogens is 1. The Balaban J connectivity index is 1.78. The van der Waals surface area contributed by atoms with Gasteiger partial charge in [-0.2, -0.15) is 0 Å². The van der Waals surface area contributed by atoms with Gasteiger partial charge in [-0.15, -0.1) is 0 Å². The number of nitrogens with one attached hydrogen (secondary N) is 2. The third-order valence-electron chi connectivity index (χ3n) is 3.85. The minimum Gasteiger partial charge on any atom is -0.394 e. The van der Waals surface area contributed by atoms with Gasteiger partial charge in [0.2, 0.25) is 0 Å². The van der Waals surface area contributed by atoms with Gasteiger partial charge in [0.15, 0.2) is 5.82 Å². The maximum absolute atomic E-state index is 12.1. The summed E-state index contributed by atoms with van der Waals surface area (Å²) in [5.41, 5.74) is 1.39. The maximum atomic E-state index is 12.1. The minimum atomic E-state index is -0.737. The molecule has 1 heterocycles. The molecule has 0 saturated heterocycles. The molecule has 1 aromatic heterocycles. The number of hydrogen-bond donors (Lipinski definition) is 3. The Morgan fingerprint density at radius 1 is 1.48 bits per heavy atom. The van der Waals surface area contributed by atoms with Gasteiger partial charge >= 0.3 is 6.03 Å². The lowest BCUT2D eigenvalue weighted by molar-refractivity contribution is 0.164. The van der Waals surface area contributed by atoms with Gasteiger partial charge < -0.3 is 14.9 Å². The van der Waals surface area contributed by atoms with Crippen LogP contribution in [0.3, 0.4) is 0 Å². The van der Waals surface area contributed by atoms with E-state index in [1.807, 2.05) is 24.3 Å². The molecule has 1 atom stereocenters. The number of carbonyl (C=O) groups excluding carboxylic acids is 1. The van der Waals surface area contributed by atoms with Crippen molar-refractivity contribution >= 4 is 11.8 Å². The normalized spacial score (nSPS) is 20.1. The van der Waals surface area contributed by atoms with E-state index in [-0.39, 0.29) is 6.61 Å². The number of nitrogens with zero attached hydrogens (tertiary/aromatic N) is 1. The average molecular weight is 287 g/mol. The highest BCUT2D eigenvalue weighted by molar-refractivity contribution is 5.89. The van der Waals surface area contributed by atoms with Crippen LogP contribution in [0.15, 0.2) is 34.9 Å². The molecule has 0 aliphatic heterocycles. The summed E-state index contributed by atoms with van der Waals surface area (Å²) in [6.45, 7) is 1.60. The summed E-state index contributed by atoms with van der Waals surface area (Å²) < 4.78 is 4.90. The predicted molar refractivity (Wildman–Crippen MR) is 76.9 cm³/mol. The monoisotopic (exact) mass is 287 g/mol. The highest BCUT2D eigenvalue weighted by Gasteiger charge is 2.39. The van der Waals surface area contributed by atoms with Gasteiger partial charge in [-0.3, -0.25) is 5.32 Å². The number of aliphatic hydroxyl groups excluding tert-OH is 1. The largest absolute Gasteiger partial charge is 0.394 e. The molecular weight excluding hydrogens is 270 g/mol. The highest BCUT2D eigenvalue weighted by Crippen LogP contribution is 2.36. The van der Waals surface area contributed by atoms with Gasteiger partial charge in [-0.05, 0) is 30.9 Å². The molecule has 0 saturated carbocycles. The van der Waals surface area contributed by atoms with Crippen LogP contribution in [0.2, 0.25) is 0 Å². The minimum absolute atomic E-state index is 0.144. The predicted octanol–water partition coefficient (Wildman–Crippen LogP) is 1.94. The number of carbonyl (C=O) groups is 1. The zero-order valence-corrected chi connectivity index (χ0v) is 11.7. The lowest BCUT2D eigenvalue weighted by atomic mass is 9.93. The van der Waals surface area contributed by atoms with Gasteiger partial charge in [0, 0.05) is 6.07 Å². The second-order valence-electron chi connectivity index (χ2n) is 5.30. The standard InChI is InChI=1S/C15H17N3O3/c1-10-8-13(18-21-10)16-14(20)17-15(9-19)7-6-11-4-2-3-5-12(11)15/h2-5,8,19H,6-7,9H2,1H3,(H2,16,17,18,20). The summed E-state index contributed by atoms with van der Waals surface area (Å²) in [5, 5.41) is 19.0. The molecule has 110 valence electrons. The smallest absolute Gasteiger partial charge is 0.321 e. The molecule has 6 nitrogen and oxygen atoms in total. The van der Waals surface area contributed by atoms with Gasteiger partial charge in [0.1, 0.15) is 5.76 Å². The zero-order valence-electron chi connectivity index (χ0n) is 11.7. The Hall–Kier alpha value is -2.34. The van der Waals surface area contributed by atoms with E-state index >= 15 is 0 Å². The highest BCUT2D eigenvalue weighted by atomic mass is 16.5. The number of aryl methyl sites for hydroxylation is 2. The van der Waals surface area contributed by atoms with Crippen molar-refractivity contribution in [1.82, 2.24) is 10.5 Å². The van der Waals surface area contributed by atoms with Gasteiger partial charge in [0.25, 0.3) is 0 Å². The van der Waals surface area contributed by atoms with E-state index < -0.39 is 11.6 Å². The Kier molecular flexibility index (Phi) is 3.39. The summed E-state index contributed by atoms with van der Waals surface area (Å²) in [5.74, 6) is 0.970. The fraction of sp³-hybridized carbons (Fsp3) is 0.333. The fourth-order valence-corrected chi connectivity index (χ4v) is 2.81. The topological polar surface area (TPSA) is 87.4 Å². The van der Waals surface area contributed by atoms with Crippen molar-refractivity contribution in [3.8, 4) is 0 Å². The van der Waals surface area contributed by atoms with E-state index in [2.05, 4.69) is 15.8 Å². The number of amides is 2. The molecule has 0 bridgehead atoms. The van der Waals surface area contributed by atoms with Crippen molar-refractivity contribution in [3.05, 3.63) is 47.2 Å². The first-order chi connectivity index (χ1) is 10.1. The molecule has 1 aromatic carbocycles. The molecule has 3 rings (SSSR count). The first-order valence-corrected chi connectivity index (χ1v) is 6.85. The summed E-state index contributed by atoms with van der Waals surface area (Å²) in [4.78, 5) is 12.1. The Morgan fingerprint density at radius 3 is 3.00 bits per heavy atom. The SMILES string of the molecule is Cc1cc(NC(=O)NC2(CO)CCc3ccccc32)no1. The van der Waals surface area contributed by atoms with Crippen LogP contribution in [0.4, 0.5) is 10.6 Å². The van der Waals surface area contributed by atoms with Crippen LogP contribution in [-0.4, -0.2) is 22.9 Å². The number of anilines is 1. The quantitative estimate of drug-likeness (QED) is 0.805. The average Bonchev–Trinajstić information content (AvgIpc) is 3.04. The van der Waals surface area contributed by atoms with Crippen molar-refractivity contribution in [3.63, 3.8) is 0 Å². The molecule has 1 aliphatic rings. The lowest BCUT2D eigenvalue weighted by Crippen LogP contribution is -2.48. The first-order valence-electron chi connectivity index (χ1n) is 6.85. The molecular formula is C15H17N3O3. The molecule has 0 spiro atoms. The Morgan fingerprint density at radius 2 is 2.29 bits per heavy atom. The Labute approximate surface area is 122 Å². The molecule has 0 fully saturated rings. The molecule has 2 amide bonds. The van der Waals surface area contributed by atoms with Crippen LogP contribution < -0.4 is 10.6 Å². The number of fused-ring (bicyclic) bond motifs is 1. The molecule has 1 unspecified atom stereocenters. The molecule has 6 heteroatoms. The molecule has 2 aromatic rings. The van der Waals surface area contributed by atoms with Crippen LogP contribution in [0.5, 0.6) is 0 Å². The van der Waals surface area contributed by atoms with E-state index in [1.54, 1.807) is 13.0 Å². The summed E-state index contributed by atoms with van der Waals surface area (Å²) >= 11 is 0. The fourth-order valence-electron chi connectivity index (χ4n) is 2.81. The van der Waals surface area contributed by atoms with Gasteiger partial charge in [-0.1, -0.05) is 29.4 Å². The van der Waals surface area contributed by atoms with Crippen LogP contribution in [0, 0.1) is 6.92 Å². The maximum Gasteiger partial charge on any atom is 0.321 e. The van der Waals surface area contributed by atoms with E-state index in [1.165, 1.54) is 0 Å². The summed E-state index contributed by atoms with van der Waals surface area (Å²) in [6.07, 6.45) is 1.51. The first kappa shape index (κ1) is 13.6. The third kappa shape index (κ3) is 2.50. The number of benzene rings is 1. The number of urea groups is 1. The van der Waals surface area contributed by atoms with E-state index in [0.29, 0.717) is 18.0 Å². The van der Waals surface area contributed by atoms with Crippen molar-refractivity contribution < 1.29 is 14.4 Å². The van der Waals surface area contributed by atoms with Crippen LogP contribution in [-0.2, 0) is 12.0 Å². The third-order valence-corrected chi connectivity index (χ3v) is 3.85. The van der Waals surface area contributed by atoms with Crippen LogP contribution >= 0.6 is 0 Å². The molecule has 1 aliphatic carbocycles. The van der Waals surface area contributed by atoms with Crippen molar-refractivity contribution in [2.24, 2.45) is 0 Å². The van der Waals surface area contributed by atoms with Crippen molar-refractivity contribution in [1.29, 1.82) is 0 Å². The molecule has 0 radical (unpaired) electrons. The van der Waals surface area contributed by atoms with Gasteiger partial charge in [0.05, 0.1) is 12.1 Å². The van der Waals surface area contributed by atoms with E-state index in [0.717, 1.165) is 17.5 Å². The summed E-state index contributed by atoms with van der Waals surface area (Å²) in [6, 6.07) is 9.06. The van der Waals surface area contributed by atoms with Crippen LogP contribution in [0.1, 0.15) is 23.3 Å². The zero-order chi connectivity index (χ0) is 14.9. The number of hydrogen-bond acceptors (Lipinski definition) is 4. The molecule has 21 heavy (non-hydrogen) atoms. The lowest BCUT2D eigenvalue weighted by Gasteiger charge is -2.29. The van der Waals surface area contributed by atoms with Crippen molar-refractivity contribution in [2.75, 3.05) is 11.9 Å². The summed E-state index contributed by atoms with van der Waals surface area (Å²) in [7, 11) is 0. The van der Waals surface area contributed by atoms with Crippen LogP contribution in [0.25, 0.3) is 0 Å². The van der Waals surface area contributed by atoms with Crippen molar-refractivity contribution in [2.45, 2.75) is 25.3 Å². The second kappa shape index (κ2) is 5.21. The number of rotatable bonds is 3. The van der Waals surface area contributed by atoms with E-state index in [4.69, 9.17) is 4.52 Å². The second-order valence-corrected chi connectivity index (χ2v) is 5.30. The van der Waals surface area contributed by atoms with E-state index in [9.17, 15) is 9.90 Å².